The van der Waals surface area contributed by atoms with Gasteiger partial charge in [-0.15, -0.1) is 0 Å². The molecule has 4 N–H and O–H groups in total. The van der Waals surface area contributed by atoms with E-state index in [1.165, 1.54) is 44.6 Å². The third-order valence-electron chi connectivity index (χ3n) is 3.19. The summed E-state index contributed by atoms with van der Waals surface area (Å²) in [5, 5.41) is 0. The van der Waals surface area contributed by atoms with Crippen LogP contribution < -0.4 is 25.5 Å². The lowest BCUT2D eigenvalue weighted by Gasteiger charge is -2.13. The summed E-state index contributed by atoms with van der Waals surface area (Å²) in [4.78, 5) is 11.5. The second-order valence-electron chi connectivity index (χ2n) is 4.67. The molecule has 0 atom stereocenters. The number of nitrogens with one attached hydrogen (secondary N) is 2. The minimum Gasteiger partial charge on any atom is -0.497 e. The van der Waals surface area contributed by atoms with E-state index in [-0.39, 0.29) is 16.1 Å². The van der Waals surface area contributed by atoms with E-state index in [2.05, 4.69) is 4.72 Å². The second kappa shape index (κ2) is 7.20. The second-order valence-corrected chi connectivity index (χ2v) is 6.36. The van der Waals surface area contributed by atoms with Crippen molar-refractivity contribution in [3.8, 4) is 11.5 Å². The van der Waals surface area contributed by atoms with E-state index >= 15 is 0 Å². The summed E-state index contributed by atoms with van der Waals surface area (Å²) in [5.74, 6) is 5.26. The van der Waals surface area contributed by atoms with Gasteiger partial charge in [0.2, 0.25) is 0 Å². The molecule has 24 heavy (non-hydrogen) atoms. The lowest BCUT2D eigenvalue weighted by atomic mass is 10.2. The lowest BCUT2D eigenvalue weighted by molar-refractivity contribution is 0.0953. The Kier molecular flexibility index (Phi) is 5.27. The van der Waals surface area contributed by atoms with E-state index in [1.807, 2.05) is 5.43 Å². The first-order valence-electron chi connectivity index (χ1n) is 6.77. The molecule has 0 aliphatic heterocycles. The molecule has 1 amide bonds. The van der Waals surface area contributed by atoms with Gasteiger partial charge in [-0.2, -0.15) is 0 Å². The zero-order chi connectivity index (χ0) is 17.7. The molecule has 8 nitrogen and oxygen atoms in total. The number of carbonyl (C=O) groups is 1. The van der Waals surface area contributed by atoms with Crippen molar-refractivity contribution in [3.05, 3.63) is 48.0 Å². The minimum absolute atomic E-state index is 0.0894. The van der Waals surface area contributed by atoms with Crippen LogP contribution in [-0.2, 0) is 10.0 Å². The highest BCUT2D eigenvalue weighted by Crippen LogP contribution is 2.30. The Balaban J connectivity index is 2.40. The van der Waals surface area contributed by atoms with Crippen LogP contribution in [0.3, 0.4) is 0 Å². The average Bonchev–Trinajstić information content (AvgIpc) is 2.60. The molecule has 0 spiro atoms. The number of nitrogen functional groups attached to an aromatic ring is 1. The summed E-state index contributed by atoms with van der Waals surface area (Å²) in [7, 11) is -1.05. The van der Waals surface area contributed by atoms with Gasteiger partial charge in [-0.05, 0) is 30.3 Å². The van der Waals surface area contributed by atoms with E-state index in [0.717, 1.165) is 0 Å². The van der Waals surface area contributed by atoms with Crippen molar-refractivity contribution in [2.24, 2.45) is 5.84 Å². The molecule has 0 aromatic heterocycles. The van der Waals surface area contributed by atoms with Gasteiger partial charge in [-0.3, -0.25) is 14.9 Å². The summed E-state index contributed by atoms with van der Waals surface area (Å²) >= 11 is 0. The molecule has 128 valence electrons. The van der Waals surface area contributed by atoms with Crippen LogP contribution in [0.1, 0.15) is 10.4 Å². The van der Waals surface area contributed by atoms with Crippen molar-refractivity contribution in [1.82, 2.24) is 5.43 Å². The molecule has 0 radical (unpaired) electrons. The maximum Gasteiger partial charge on any atom is 0.265 e. The fourth-order valence-corrected chi connectivity index (χ4v) is 3.09. The molecule has 0 aliphatic rings. The number of carbonyl (C=O) groups excluding carboxylic acids is 1. The van der Waals surface area contributed by atoms with Crippen LogP contribution >= 0.6 is 0 Å². The molecule has 2 aromatic rings. The fraction of sp³-hybridized carbons (Fsp3) is 0.133. The van der Waals surface area contributed by atoms with Gasteiger partial charge in [0.1, 0.15) is 11.5 Å². The monoisotopic (exact) mass is 351 g/mol. The van der Waals surface area contributed by atoms with E-state index in [1.54, 1.807) is 12.1 Å². The van der Waals surface area contributed by atoms with Gasteiger partial charge < -0.3 is 9.47 Å². The van der Waals surface area contributed by atoms with E-state index < -0.39 is 15.9 Å². The number of hydrazine groups is 1. The fourth-order valence-electron chi connectivity index (χ4n) is 1.99. The number of anilines is 1. The van der Waals surface area contributed by atoms with Crippen LogP contribution in [0.2, 0.25) is 0 Å². The number of hydrogen-bond donors (Lipinski definition) is 3. The summed E-state index contributed by atoms with van der Waals surface area (Å²) in [6, 6.07) is 10.2. The van der Waals surface area contributed by atoms with Crippen LogP contribution in [0.15, 0.2) is 47.4 Å². The Bertz CT molecular complexity index is 852. The number of amides is 1. The normalized spacial score (nSPS) is 10.8. The first-order chi connectivity index (χ1) is 11.4. The standard InChI is InChI=1S/C15H17N3O5S/c1-22-11-6-7-14(23-2)13(9-11)18-24(20,21)12-5-3-4-10(8-12)15(19)17-16/h3-9,18H,16H2,1-2H3,(H,17,19). The molecule has 9 heteroatoms. The largest absolute Gasteiger partial charge is 0.497 e. The number of benzene rings is 2. The molecule has 0 bridgehead atoms. The first kappa shape index (κ1) is 17.6. The molecule has 0 saturated carbocycles. The molecule has 0 fully saturated rings. The average molecular weight is 351 g/mol. The highest BCUT2D eigenvalue weighted by Gasteiger charge is 2.18. The van der Waals surface area contributed by atoms with Crippen molar-refractivity contribution in [2.75, 3.05) is 18.9 Å². The quantitative estimate of drug-likeness (QED) is 0.407. The van der Waals surface area contributed by atoms with Gasteiger partial charge in [0, 0.05) is 11.6 Å². The topological polar surface area (TPSA) is 120 Å². The van der Waals surface area contributed by atoms with Crippen molar-refractivity contribution >= 4 is 21.6 Å². The summed E-state index contributed by atoms with van der Waals surface area (Å²) in [6.07, 6.45) is 0. The maximum absolute atomic E-state index is 12.6. The van der Waals surface area contributed by atoms with E-state index in [9.17, 15) is 13.2 Å². The number of rotatable bonds is 6. The van der Waals surface area contributed by atoms with Crippen LogP contribution in [0.4, 0.5) is 5.69 Å². The van der Waals surface area contributed by atoms with Gasteiger partial charge in [-0.25, -0.2) is 14.3 Å². The molecular formula is C15H17N3O5S. The third kappa shape index (κ3) is 3.76. The SMILES string of the molecule is COc1ccc(OC)c(NS(=O)(=O)c2cccc(C(=O)NN)c2)c1. The zero-order valence-corrected chi connectivity index (χ0v) is 13.9. The summed E-state index contributed by atoms with van der Waals surface area (Å²) < 4.78 is 37.8. The molecular weight excluding hydrogens is 334 g/mol. The van der Waals surface area contributed by atoms with Crippen LogP contribution in [0.5, 0.6) is 11.5 Å². The molecule has 0 aliphatic carbocycles. The zero-order valence-electron chi connectivity index (χ0n) is 13.1. The number of sulfonamides is 1. The van der Waals surface area contributed by atoms with Gasteiger partial charge in [0.25, 0.3) is 15.9 Å². The van der Waals surface area contributed by atoms with E-state index in [4.69, 9.17) is 15.3 Å². The number of methoxy groups -OCH3 is 2. The molecule has 2 rings (SSSR count). The van der Waals surface area contributed by atoms with Crippen LogP contribution in [-0.4, -0.2) is 28.5 Å². The van der Waals surface area contributed by atoms with Crippen molar-refractivity contribution in [1.29, 1.82) is 0 Å². The maximum atomic E-state index is 12.6. The summed E-state index contributed by atoms with van der Waals surface area (Å²) in [5.41, 5.74) is 2.29. The Morgan fingerprint density at radius 1 is 1.08 bits per heavy atom. The first-order valence-corrected chi connectivity index (χ1v) is 8.25. The predicted molar refractivity (Wildman–Crippen MR) is 88.5 cm³/mol. The molecule has 0 saturated heterocycles. The lowest BCUT2D eigenvalue weighted by Crippen LogP contribution is -2.30. The highest BCUT2D eigenvalue weighted by atomic mass is 32.2. The number of nitrogens with two attached hydrogens (primary N) is 1. The Labute approximate surface area is 139 Å². The van der Waals surface area contributed by atoms with Gasteiger partial charge in [0.05, 0.1) is 24.8 Å². The summed E-state index contributed by atoms with van der Waals surface area (Å²) in [6.45, 7) is 0. The number of ether oxygens (including phenoxy) is 2. The number of hydrogen-bond acceptors (Lipinski definition) is 6. The Morgan fingerprint density at radius 3 is 2.46 bits per heavy atom. The highest BCUT2D eigenvalue weighted by molar-refractivity contribution is 7.92. The van der Waals surface area contributed by atoms with Crippen molar-refractivity contribution < 1.29 is 22.7 Å². The van der Waals surface area contributed by atoms with E-state index in [0.29, 0.717) is 11.5 Å². The van der Waals surface area contributed by atoms with Gasteiger partial charge in [-0.1, -0.05) is 6.07 Å². The Morgan fingerprint density at radius 2 is 1.83 bits per heavy atom. The molecule has 0 heterocycles. The molecule has 2 aromatic carbocycles. The minimum atomic E-state index is -3.94. The van der Waals surface area contributed by atoms with Crippen molar-refractivity contribution in [3.63, 3.8) is 0 Å². The third-order valence-corrected chi connectivity index (χ3v) is 4.55. The van der Waals surface area contributed by atoms with Gasteiger partial charge in [0.15, 0.2) is 0 Å². The van der Waals surface area contributed by atoms with Crippen LogP contribution in [0, 0.1) is 0 Å². The molecule has 0 unspecified atom stereocenters. The predicted octanol–water partition coefficient (Wildman–Crippen LogP) is 1.11. The smallest absolute Gasteiger partial charge is 0.265 e. The van der Waals surface area contributed by atoms with Crippen molar-refractivity contribution in [2.45, 2.75) is 4.90 Å². The Hall–Kier alpha value is -2.78. The van der Waals surface area contributed by atoms with Gasteiger partial charge >= 0.3 is 0 Å². The van der Waals surface area contributed by atoms with Crippen LogP contribution in [0.25, 0.3) is 0 Å².